The molecule has 7 heteroatoms. The maximum absolute atomic E-state index is 13.3. The van der Waals surface area contributed by atoms with Crippen molar-refractivity contribution in [2.75, 3.05) is 0 Å². The van der Waals surface area contributed by atoms with Gasteiger partial charge < -0.3 is 9.84 Å². The van der Waals surface area contributed by atoms with Crippen molar-refractivity contribution in [2.24, 2.45) is 5.84 Å². The lowest BCUT2D eigenvalue weighted by atomic mass is 9.96. The third kappa shape index (κ3) is 3.57. The first-order valence-electron chi connectivity index (χ1n) is 5.87. The summed E-state index contributed by atoms with van der Waals surface area (Å²) in [5.41, 5.74) is -0.601. The molecule has 0 saturated carbocycles. The zero-order valence-electron chi connectivity index (χ0n) is 10.7. The predicted octanol–water partition coefficient (Wildman–Crippen LogP) is 1.86. The minimum atomic E-state index is -4.82. The number of nitrogens with two attached hydrogens (primary N) is 1. The van der Waals surface area contributed by atoms with Crippen molar-refractivity contribution in [1.82, 2.24) is 5.43 Å². The van der Waals surface area contributed by atoms with Crippen LogP contribution < -0.4 is 11.3 Å². The van der Waals surface area contributed by atoms with Gasteiger partial charge in [0.05, 0.1) is 6.61 Å². The van der Waals surface area contributed by atoms with Crippen LogP contribution in [0.1, 0.15) is 12.0 Å². The molecule has 112 valence electrons. The van der Waals surface area contributed by atoms with Gasteiger partial charge >= 0.3 is 6.18 Å². The number of benzene rings is 1. The highest BCUT2D eigenvalue weighted by molar-refractivity contribution is 5.14. The van der Waals surface area contributed by atoms with Crippen molar-refractivity contribution >= 4 is 0 Å². The van der Waals surface area contributed by atoms with E-state index in [-0.39, 0.29) is 6.61 Å². The van der Waals surface area contributed by atoms with E-state index in [2.05, 4.69) is 6.58 Å². The van der Waals surface area contributed by atoms with Crippen LogP contribution in [0.5, 0.6) is 0 Å². The van der Waals surface area contributed by atoms with Crippen molar-refractivity contribution in [3.8, 4) is 0 Å². The molecule has 1 rings (SSSR count). The maximum atomic E-state index is 13.3. The summed E-state index contributed by atoms with van der Waals surface area (Å²) in [7, 11) is 0. The van der Waals surface area contributed by atoms with Gasteiger partial charge in [-0.1, -0.05) is 36.4 Å². The van der Waals surface area contributed by atoms with Gasteiger partial charge in [0.1, 0.15) is 0 Å². The smallest absolute Gasteiger partial charge is 0.374 e. The molecule has 0 spiro atoms. The summed E-state index contributed by atoms with van der Waals surface area (Å²) in [6.45, 7) is 2.96. The van der Waals surface area contributed by atoms with Crippen LogP contribution in [0.3, 0.4) is 0 Å². The first kappa shape index (κ1) is 16.6. The van der Waals surface area contributed by atoms with Crippen molar-refractivity contribution < 1.29 is 23.0 Å². The summed E-state index contributed by atoms with van der Waals surface area (Å²) < 4.78 is 44.8. The summed E-state index contributed by atoms with van der Waals surface area (Å²) in [5, 5.41) is 9.58. The molecule has 2 unspecified atom stereocenters. The van der Waals surface area contributed by atoms with Crippen molar-refractivity contribution in [3.63, 3.8) is 0 Å². The summed E-state index contributed by atoms with van der Waals surface area (Å²) in [6.07, 6.45) is -6.53. The van der Waals surface area contributed by atoms with Crippen LogP contribution in [0.25, 0.3) is 0 Å². The van der Waals surface area contributed by atoms with Gasteiger partial charge in [0, 0.05) is 6.42 Å². The number of alkyl halides is 3. The highest BCUT2D eigenvalue weighted by Crippen LogP contribution is 2.39. The molecular weight excluding hydrogens is 273 g/mol. The van der Waals surface area contributed by atoms with Crippen molar-refractivity contribution in [3.05, 3.63) is 48.6 Å². The molecular formula is C13H17F3N2O2. The van der Waals surface area contributed by atoms with Gasteiger partial charge in [0.25, 0.3) is 0 Å². The van der Waals surface area contributed by atoms with Gasteiger partial charge in [-0.05, 0) is 5.56 Å². The summed E-state index contributed by atoms with van der Waals surface area (Å²) >= 11 is 0. The second-order valence-electron chi connectivity index (χ2n) is 4.22. The quantitative estimate of drug-likeness (QED) is 0.310. The number of aliphatic hydroxyl groups excluding tert-OH is 1. The van der Waals surface area contributed by atoms with Crippen LogP contribution in [-0.2, 0) is 11.3 Å². The summed E-state index contributed by atoms with van der Waals surface area (Å²) in [4.78, 5) is 0. The highest BCUT2D eigenvalue weighted by Gasteiger charge is 2.60. The monoisotopic (exact) mass is 290 g/mol. The van der Waals surface area contributed by atoms with Gasteiger partial charge in [-0.2, -0.15) is 13.2 Å². The average Bonchev–Trinajstić information content (AvgIpc) is 2.42. The molecule has 0 bridgehead atoms. The SMILES string of the molecule is C=CCC(OCc1ccccc1)(C(O)NN)C(F)(F)F. The Hall–Kier alpha value is -1.41. The predicted molar refractivity (Wildman–Crippen MR) is 68.2 cm³/mol. The van der Waals surface area contributed by atoms with Crippen LogP contribution >= 0.6 is 0 Å². The van der Waals surface area contributed by atoms with Gasteiger partial charge in [-0.3, -0.25) is 5.84 Å². The largest absolute Gasteiger partial charge is 0.421 e. The third-order valence-electron chi connectivity index (χ3n) is 2.87. The van der Waals surface area contributed by atoms with Crippen molar-refractivity contribution in [2.45, 2.75) is 31.0 Å². The van der Waals surface area contributed by atoms with E-state index in [1.54, 1.807) is 35.8 Å². The lowest BCUT2D eigenvalue weighted by molar-refractivity contribution is -0.314. The van der Waals surface area contributed by atoms with E-state index in [1.807, 2.05) is 0 Å². The molecule has 0 radical (unpaired) electrons. The Morgan fingerprint density at radius 3 is 2.40 bits per heavy atom. The average molecular weight is 290 g/mol. The molecule has 4 nitrogen and oxygen atoms in total. The molecule has 0 aliphatic heterocycles. The van der Waals surface area contributed by atoms with Crippen LogP contribution in [0.15, 0.2) is 43.0 Å². The van der Waals surface area contributed by atoms with Crippen LogP contribution in [-0.4, -0.2) is 23.1 Å². The van der Waals surface area contributed by atoms with Gasteiger partial charge in [-0.25, -0.2) is 5.43 Å². The second kappa shape index (κ2) is 6.85. The standard InChI is InChI=1S/C13H17F3N2O2/c1-2-8-12(11(19)18-17,13(14,15)16)20-9-10-6-4-3-5-7-10/h2-7,11,18-19H,1,8-9,17H2. The van der Waals surface area contributed by atoms with E-state index in [0.717, 1.165) is 6.08 Å². The number of rotatable bonds is 7. The van der Waals surface area contributed by atoms with E-state index in [4.69, 9.17) is 10.6 Å². The fourth-order valence-corrected chi connectivity index (χ4v) is 1.74. The zero-order chi connectivity index (χ0) is 15.2. The molecule has 0 heterocycles. The molecule has 0 aliphatic rings. The van der Waals surface area contributed by atoms with E-state index in [1.165, 1.54) is 0 Å². The fraction of sp³-hybridized carbons (Fsp3) is 0.385. The maximum Gasteiger partial charge on any atom is 0.421 e. The van der Waals surface area contributed by atoms with Gasteiger partial charge in [0.2, 0.25) is 5.60 Å². The molecule has 0 aromatic heterocycles. The summed E-state index contributed by atoms with van der Waals surface area (Å²) in [5.74, 6) is 4.94. The summed E-state index contributed by atoms with van der Waals surface area (Å²) in [6, 6.07) is 8.34. The molecule has 0 fully saturated rings. The van der Waals surface area contributed by atoms with E-state index in [9.17, 15) is 18.3 Å². The molecule has 4 N–H and O–H groups in total. The Morgan fingerprint density at radius 1 is 1.35 bits per heavy atom. The molecule has 20 heavy (non-hydrogen) atoms. The van der Waals surface area contributed by atoms with Crippen molar-refractivity contribution in [1.29, 1.82) is 0 Å². The van der Waals surface area contributed by atoms with E-state index in [0.29, 0.717) is 5.56 Å². The number of ether oxygens (including phenoxy) is 1. The molecule has 0 amide bonds. The lowest BCUT2D eigenvalue weighted by Crippen LogP contribution is -2.62. The van der Waals surface area contributed by atoms with Crippen LogP contribution in [0.2, 0.25) is 0 Å². The number of hydrogen-bond donors (Lipinski definition) is 3. The fourth-order valence-electron chi connectivity index (χ4n) is 1.74. The first-order valence-corrected chi connectivity index (χ1v) is 5.87. The van der Waals surface area contributed by atoms with Gasteiger partial charge in [-0.15, -0.1) is 6.58 Å². The Balaban J connectivity index is 3.00. The lowest BCUT2D eigenvalue weighted by Gasteiger charge is -2.38. The molecule has 1 aromatic carbocycles. The normalized spacial score (nSPS) is 16.4. The topological polar surface area (TPSA) is 67.5 Å². The minimum Gasteiger partial charge on any atom is -0.374 e. The number of aliphatic hydroxyl groups is 1. The second-order valence-corrected chi connectivity index (χ2v) is 4.22. The molecule has 2 atom stereocenters. The van der Waals surface area contributed by atoms with E-state index < -0.39 is 24.4 Å². The number of hydrogen-bond acceptors (Lipinski definition) is 4. The molecule has 0 saturated heterocycles. The Labute approximate surface area is 115 Å². The Kier molecular flexibility index (Phi) is 5.70. The first-order chi connectivity index (χ1) is 9.37. The zero-order valence-corrected chi connectivity index (χ0v) is 10.7. The minimum absolute atomic E-state index is 0.313. The number of halogens is 3. The number of hydrazine groups is 1. The Morgan fingerprint density at radius 2 is 1.95 bits per heavy atom. The molecule has 0 aliphatic carbocycles. The highest BCUT2D eigenvalue weighted by atomic mass is 19.4. The third-order valence-corrected chi connectivity index (χ3v) is 2.87. The van der Waals surface area contributed by atoms with Gasteiger partial charge in [0.15, 0.2) is 6.23 Å². The van der Waals surface area contributed by atoms with Crippen LogP contribution in [0.4, 0.5) is 13.2 Å². The Bertz CT molecular complexity index is 425. The molecule has 1 aromatic rings. The van der Waals surface area contributed by atoms with Crippen LogP contribution in [0, 0.1) is 0 Å². The number of nitrogens with one attached hydrogen (secondary N) is 1. The van der Waals surface area contributed by atoms with E-state index >= 15 is 0 Å².